The van der Waals surface area contributed by atoms with E-state index in [-0.39, 0.29) is 11.6 Å². The second-order valence-electron chi connectivity index (χ2n) is 9.15. The zero-order valence-corrected chi connectivity index (χ0v) is 19.2. The summed E-state index contributed by atoms with van der Waals surface area (Å²) in [7, 11) is 2.00. The molecule has 5 nitrogen and oxygen atoms in total. The van der Waals surface area contributed by atoms with Crippen LogP contribution in [-0.2, 0) is 13.1 Å². The molecule has 0 unspecified atom stereocenters. The van der Waals surface area contributed by atoms with Crippen molar-refractivity contribution in [1.29, 1.82) is 0 Å². The lowest BCUT2D eigenvalue weighted by Crippen LogP contribution is -2.28. The van der Waals surface area contributed by atoms with E-state index in [1.165, 1.54) is 36.7 Å². The molecule has 168 valence electrons. The highest BCUT2D eigenvalue weighted by molar-refractivity contribution is 5.85. The second kappa shape index (κ2) is 11.2. The number of aromatic hydroxyl groups is 1. The monoisotopic (exact) mass is 423 g/mol. The number of H-pyrrole nitrogens is 1. The Morgan fingerprint density at radius 1 is 1.00 bits per heavy atom. The van der Waals surface area contributed by atoms with Crippen molar-refractivity contribution in [3.8, 4) is 5.88 Å². The van der Waals surface area contributed by atoms with Crippen molar-refractivity contribution in [2.75, 3.05) is 13.6 Å². The fraction of sp³-hybridized carbons (Fsp3) is 0.500. The number of hydrogen-bond donors (Lipinski definition) is 2. The van der Waals surface area contributed by atoms with Crippen LogP contribution in [-0.4, -0.2) is 33.1 Å². The predicted octanol–water partition coefficient (Wildman–Crippen LogP) is 5.51. The molecule has 0 aliphatic carbocycles. The average Bonchev–Trinajstić information content (AvgIpc) is 3.00. The number of nitrogens with one attached hydrogen (secondary N) is 1. The first-order valence-corrected chi connectivity index (χ1v) is 11.6. The Kier molecular flexibility index (Phi) is 8.35. The molecule has 3 rings (SSSR count). The minimum absolute atomic E-state index is 0.0402. The van der Waals surface area contributed by atoms with Crippen LogP contribution in [0.1, 0.15) is 63.6 Å². The van der Waals surface area contributed by atoms with Crippen LogP contribution in [0, 0.1) is 5.92 Å². The number of hydrogen-bond acceptors (Lipinski definition) is 3. The highest BCUT2D eigenvalue weighted by atomic mass is 16.3. The molecule has 0 amide bonds. The van der Waals surface area contributed by atoms with E-state index in [4.69, 9.17) is 0 Å². The van der Waals surface area contributed by atoms with Gasteiger partial charge in [0.2, 0.25) is 5.88 Å². The van der Waals surface area contributed by atoms with Gasteiger partial charge in [0.05, 0.1) is 12.4 Å². The molecular formula is C26H37N3O2. The largest absolute Gasteiger partial charge is 0.493 e. The van der Waals surface area contributed by atoms with Crippen LogP contribution in [0.25, 0.3) is 10.8 Å². The van der Waals surface area contributed by atoms with Crippen LogP contribution in [0.2, 0.25) is 0 Å². The van der Waals surface area contributed by atoms with Crippen LogP contribution in [0.5, 0.6) is 5.88 Å². The van der Waals surface area contributed by atoms with Gasteiger partial charge in [0.25, 0.3) is 0 Å². The summed E-state index contributed by atoms with van der Waals surface area (Å²) in [6.45, 7) is 5.87. The van der Waals surface area contributed by atoms with E-state index in [1.54, 1.807) is 0 Å². The molecule has 31 heavy (non-hydrogen) atoms. The number of rotatable bonds is 12. The number of fused-ring (bicyclic) bond motifs is 1. The van der Waals surface area contributed by atoms with E-state index in [0.717, 1.165) is 35.2 Å². The molecule has 0 fully saturated rings. The molecule has 0 saturated carbocycles. The van der Waals surface area contributed by atoms with Crippen LogP contribution < -0.4 is 5.69 Å². The molecular weight excluding hydrogens is 386 g/mol. The summed E-state index contributed by atoms with van der Waals surface area (Å²) in [5.41, 5.74) is 1.40. The number of unbranched alkanes of at least 4 members (excludes halogenated alkanes) is 4. The fourth-order valence-electron chi connectivity index (χ4n) is 4.18. The van der Waals surface area contributed by atoms with Crippen LogP contribution in [0.4, 0.5) is 0 Å². The zero-order valence-electron chi connectivity index (χ0n) is 19.2. The number of nitrogens with zero attached hydrogens (tertiary/aromatic N) is 2. The second-order valence-corrected chi connectivity index (χ2v) is 9.15. The first-order valence-electron chi connectivity index (χ1n) is 11.6. The van der Waals surface area contributed by atoms with Gasteiger partial charge in [-0.25, -0.2) is 9.36 Å². The Morgan fingerprint density at radius 2 is 1.71 bits per heavy atom. The number of aromatic amines is 1. The molecule has 1 heterocycles. The third-order valence-electron chi connectivity index (χ3n) is 5.98. The normalized spacial score (nSPS) is 11.8. The minimum Gasteiger partial charge on any atom is -0.493 e. The van der Waals surface area contributed by atoms with Gasteiger partial charge in [0.1, 0.15) is 0 Å². The standard InChI is InChI=1S/C26H37N3O2/c1-20(2)12-7-5-4-6-10-17-28(3)19-29-25(30)24(27-26(29)31)18-22-15-11-14-21-13-8-9-16-23(21)22/h8-9,11,13-16,20,30H,4-7,10,12,17-19H2,1-3H3,(H,27,31). The lowest BCUT2D eigenvalue weighted by molar-refractivity contribution is 0.242. The summed E-state index contributed by atoms with van der Waals surface area (Å²) in [6, 6.07) is 14.3. The molecule has 2 aromatic carbocycles. The topological polar surface area (TPSA) is 61.3 Å². The maximum absolute atomic E-state index is 12.5. The molecule has 0 aliphatic rings. The Balaban J connectivity index is 1.54. The minimum atomic E-state index is -0.256. The quantitative estimate of drug-likeness (QED) is 0.378. The molecule has 0 atom stereocenters. The molecule has 2 N–H and O–H groups in total. The van der Waals surface area contributed by atoms with Crippen molar-refractivity contribution in [2.45, 2.75) is 65.5 Å². The van der Waals surface area contributed by atoms with Gasteiger partial charge in [0.15, 0.2) is 0 Å². The van der Waals surface area contributed by atoms with Crippen molar-refractivity contribution in [1.82, 2.24) is 14.5 Å². The smallest absolute Gasteiger partial charge is 0.329 e. The van der Waals surface area contributed by atoms with Gasteiger partial charge in [-0.1, -0.05) is 88.4 Å². The number of benzene rings is 2. The highest BCUT2D eigenvalue weighted by Crippen LogP contribution is 2.24. The third-order valence-corrected chi connectivity index (χ3v) is 5.98. The molecule has 1 aromatic heterocycles. The summed E-state index contributed by atoms with van der Waals surface area (Å²) in [4.78, 5) is 17.4. The van der Waals surface area contributed by atoms with Gasteiger partial charge >= 0.3 is 5.69 Å². The van der Waals surface area contributed by atoms with Gasteiger partial charge in [-0.3, -0.25) is 4.90 Å². The summed E-state index contributed by atoms with van der Waals surface area (Å²) in [5.74, 6) is 0.836. The van der Waals surface area contributed by atoms with Gasteiger partial charge in [-0.15, -0.1) is 0 Å². The van der Waals surface area contributed by atoms with E-state index >= 15 is 0 Å². The van der Waals surface area contributed by atoms with Crippen molar-refractivity contribution < 1.29 is 5.11 Å². The van der Waals surface area contributed by atoms with Gasteiger partial charge in [-0.2, -0.15) is 0 Å². The van der Waals surface area contributed by atoms with Crippen molar-refractivity contribution in [2.24, 2.45) is 5.92 Å². The summed E-state index contributed by atoms with van der Waals surface area (Å²) in [5, 5.41) is 13.0. The van der Waals surface area contributed by atoms with Gasteiger partial charge < -0.3 is 10.1 Å². The lowest BCUT2D eigenvalue weighted by Gasteiger charge is -2.17. The summed E-state index contributed by atoms with van der Waals surface area (Å²) < 4.78 is 1.43. The Labute approximate surface area is 185 Å². The SMILES string of the molecule is CC(C)CCCCCCCN(C)Cn1c(O)c(Cc2cccc3ccccc23)[nH]c1=O. The Bertz CT molecular complexity index is 1010. The fourth-order valence-corrected chi connectivity index (χ4v) is 4.18. The molecule has 3 aromatic rings. The van der Waals surface area contributed by atoms with Crippen molar-refractivity contribution >= 4 is 10.8 Å². The van der Waals surface area contributed by atoms with Crippen molar-refractivity contribution in [3.05, 3.63) is 64.2 Å². The summed E-state index contributed by atoms with van der Waals surface area (Å²) >= 11 is 0. The van der Waals surface area contributed by atoms with Crippen LogP contribution in [0.3, 0.4) is 0 Å². The van der Waals surface area contributed by atoms with Crippen LogP contribution >= 0.6 is 0 Å². The Hall–Kier alpha value is -2.53. The molecule has 5 heteroatoms. The van der Waals surface area contributed by atoms with Crippen LogP contribution in [0.15, 0.2) is 47.3 Å². The first-order chi connectivity index (χ1) is 15.0. The third kappa shape index (κ3) is 6.47. The van der Waals surface area contributed by atoms with E-state index in [1.807, 2.05) is 31.3 Å². The predicted molar refractivity (Wildman–Crippen MR) is 129 cm³/mol. The number of imidazole rings is 1. The van der Waals surface area contributed by atoms with E-state index in [2.05, 4.69) is 41.9 Å². The average molecular weight is 424 g/mol. The van der Waals surface area contributed by atoms with E-state index in [0.29, 0.717) is 18.8 Å². The Morgan fingerprint density at radius 3 is 2.52 bits per heavy atom. The lowest BCUT2D eigenvalue weighted by atomic mass is 10.0. The molecule has 0 saturated heterocycles. The molecule has 0 spiro atoms. The zero-order chi connectivity index (χ0) is 22.2. The highest BCUT2D eigenvalue weighted by Gasteiger charge is 2.15. The number of aromatic nitrogens is 2. The molecule has 0 aliphatic heterocycles. The first kappa shape index (κ1) is 23.1. The van der Waals surface area contributed by atoms with E-state index in [9.17, 15) is 9.90 Å². The maximum atomic E-state index is 12.5. The summed E-state index contributed by atoms with van der Waals surface area (Å²) in [6.07, 6.45) is 8.03. The molecule has 0 radical (unpaired) electrons. The van der Waals surface area contributed by atoms with Gasteiger partial charge in [-0.05, 0) is 42.3 Å². The molecule has 0 bridgehead atoms. The maximum Gasteiger partial charge on any atom is 0.329 e. The van der Waals surface area contributed by atoms with Crippen molar-refractivity contribution in [3.63, 3.8) is 0 Å². The van der Waals surface area contributed by atoms with E-state index < -0.39 is 0 Å². The van der Waals surface area contributed by atoms with Gasteiger partial charge in [0, 0.05) is 6.42 Å².